The number of rotatable bonds is 9. The summed E-state index contributed by atoms with van der Waals surface area (Å²) in [5.74, 6) is 1.59. The fourth-order valence-electron chi connectivity index (χ4n) is 3.47. The first-order valence-corrected chi connectivity index (χ1v) is 9.66. The van der Waals surface area contributed by atoms with Gasteiger partial charge in [-0.25, -0.2) is 0 Å². The van der Waals surface area contributed by atoms with Crippen LogP contribution in [0.25, 0.3) is 0 Å². The highest BCUT2D eigenvalue weighted by atomic mass is 35.5. The number of nitrogens with zero attached hydrogens (tertiary/aromatic N) is 1. The number of halogens is 2. The van der Waals surface area contributed by atoms with E-state index in [1.165, 1.54) is 33.7 Å². The van der Waals surface area contributed by atoms with Gasteiger partial charge >= 0.3 is 0 Å². The van der Waals surface area contributed by atoms with E-state index in [4.69, 9.17) is 9.47 Å². The number of aryl methyl sites for hydroxylation is 2. The predicted octanol–water partition coefficient (Wildman–Crippen LogP) is -4.29. The molecule has 1 aliphatic heterocycles. The van der Waals surface area contributed by atoms with Crippen molar-refractivity contribution < 1.29 is 44.5 Å². The lowest BCUT2D eigenvalue weighted by Gasteiger charge is -2.11. The molecule has 0 bridgehead atoms. The number of nitrogens with two attached hydrogens (primary N) is 1. The summed E-state index contributed by atoms with van der Waals surface area (Å²) in [5, 5.41) is 2.39. The highest BCUT2D eigenvalue weighted by Crippen LogP contribution is 2.28. The van der Waals surface area contributed by atoms with E-state index in [1.54, 1.807) is 14.2 Å². The Balaban J connectivity index is 0.00000210. The molecule has 5 nitrogen and oxygen atoms in total. The standard InChI is InChI=1S/C22H29N3O2.2ClH/c1-16-12-19-20(13-17(16)2)25(15-24-19)11-5-9-23-10-8-18-6-7-21(26-3)22(14-18)27-4;;/h6-7,12-15,23H,5,8-11H2,1-4H3;2*1H. The zero-order valence-electron chi connectivity index (χ0n) is 17.6. The third kappa shape index (κ3) is 6.34. The minimum Gasteiger partial charge on any atom is -1.00 e. The summed E-state index contributed by atoms with van der Waals surface area (Å²) in [7, 11) is 3.35. The summed E-state index contributed by atoms with van der Waals surface area (Å²) in [4.78, 5) is 5.95. The van der Waals surface area contributed by atoms with Crippen LogP contribution in [0.1, 0.15) is 23.1 Å². The maximum atomic E-state index is 5.37. The van der Waals surface area contributed by atoms with Crippen molar-refractivity contribution in [3.8, 4) is 11.5 Å². The van der Waals surface area contributed by atoms with Gasteiger partial charge in [0.25, 0.3) is 0 Å². The van der Waals surface area contributed by atoms with Crippen LogP contribution in [-0.2, 0) is 6.42 Å². The fraction of sp³-hybridized carbons (Fsp3) is 0.409. The summed E-state index contributed by atoms with van der Waals surface area (Å²) in [6, 6.07) is 10.6. The summed E-state index contributed by atoms with van der Waals surface area (Å²) < 4.78 is 10.7. The van der Waals surface area contributed by atoms with Crippen LogP contribution in [0.5, 0.6) is 11.5 Å². The van der Waals surface area contributed by atoms with Crippen LogP contribution in [0, 0.1) is 13.8 Å². The van der Waals surface area contributed by atoms with Gasteiger partial charge < -0.3 is 39.6 Å². The molecule has 160 valence electrons. The van der Waals surface area contributed by atoms with E-state index in [0.29, 0.717) is 0 Å². The van der Waals surface area contributed by atoms with Crippen molar-refractivity contribution in [3.63, 3.8) is 0 Å². The lowest BCUT2D eigenvalue weighted by molar-refractivity contribution is -0.728. The SMILES string of the molecule is COc1ccc(CC[NH2+]CCC[NH+]2C=Nc3cc(C)c(C)cc32)cc1OC.[Cl-].[Cl-]. The lowest BCUT2D eigenvalue weighted by Crippen LogP contribution is -3.05. The molecule has 2 aromatic carbocycles. The number of hydrogen-bond donors (Lipinski definition) is 2. The Hall–Kier alpha value is -1.79. The van der Waals surface area contributed by atoms with E-state index in [2.05, 4.69) is 48.4 Å². The van der Waals surface area contributed by atoms with Crippen molar-refractivity contribution in [2.75, 3.05) is 33.9 Å². The highest BCUT2D eigenvalue weighted by Gasteiger charge is 2.21. The summed E-state index contributed by atoms with van der Waals surface area (Å²) in [6.45, 7) is 7.62. The average molecular weight is 440 g/mol. The first-order valence-electron chi connectivity index (χ1n) is 9.66. The summed E-state index contributed by atoms with van der Waals surface area (Å²) in [5.41, 5.74) is 6.39. The number of fused-ring (bicyclic) bond motifs is 1. The molecule has 0 radical (unpaired) electrons. The number of nitrogens with one attached hydrogen (secondary N) is 1. The summed E-state index contributed by atoms with van der Waals surface area (Å²) in [6.07, 6.45) is 4.24. The Morgan fingerprint density at radius 1 is 0.931 bits per heavy atom. The Kier molecular flexibility index (Phi) is 10.5. The predicted molar refractivity (Wildman–Crippen MR) is 109 cm³/mol. The molecule has 7 heteroatoms. The number of ether oxygens (including phenoxy) is 2. The minimum atomic E-state index is 0. The van der Waals surface area contributed by atoms with E-state index < -0.39 is 0 Å². The molecule has 0 aliphatic carbocycles. The van der Waals surface area contributed by atoms with Gasteiger partial charge in [-0.2, -0.15) is 4.99 Å². The zero-order valence-corrected chi connectivity index (χ0v) is 19.1. The van der Waals surface area contributed by atoms with Crippen LogP contribution in [-0.4, -0.2) is 40.2 Å². The molecule has 0 fully saturated rings. The van der Waals surface area contributed by atoms with Crippen molar-refractivity contribution in [2.45, 2.75) is 26.7 Å². The van der Waals surface area contributed by atoms with E-state index in [9.17, 15) is 0 Å². The third-order valence-corrected chi connectivity index (χ3v) is 5.26. The average Bonchev–Trinajstić information content (AvgIpc) is 3.06. The second-order valence-electron chi connectivity index (χ2n) is 7.15. The molecular formula is C22H31Cl2N3O2. The van der Waals surface area contributed by atoms with Crippen molar-refractivity contribution in [1.29, 1.82) is 0 Å². The first-order chi connectivity index (χ1) is 13.1. The molecule has 29 heavy (non-hydrogen) atoms. The van der Waals surface area contributed by atoms with Crippen molar-refractivity contribution in [3.05, 3.63) is 47.0 Å². The van der Waals surface area contributed by atoms with Gasteiger partial charge in [0.2, 0.25) is 0 Å². The maximum absolute atomic E-state index is 5.37. The molecule has 3 rings (SSSR count). The summed E-state index contributed by atoms with van der Waals surface area (Å²) >= 11 is 0. The molecule has 1 atom stereocenters. The van der Waals surface area contributed by atoms with Crippen molar-refractivity contribution in [2.24, 2.45) is 4.99 Å². The molecule has 0 amide bonds. The Morgan fingerprint density at radius 3 is 2.38 bits per heavy atom. The van der Waals surface area contributed by atoms with Crippen LogP contribution in [0.4, 0.5) is 11.4 Å². The van der Waals surface area contributed by atoms with Crippen LogP contribution in [0.2, 0.25) is 0 Å². The van der Waals surface area contributed by atoms with Crippen molar-refractivity contribution in [1.82, 2.24) is 0 Å². The Morgan fingerprint density at radius 2 is 1.66 bits per heavy atom. The van der Waals surface area contributed by atoms with Gasteiger partial charge in [0.1, 0.15) is 5.69 Å². The first kappa shape index (κ1) is 25.2. The molecular weight excluding hydrogens is 409 g/mol. The molecule has 1 unspecified atom stereocenters. The van der Waals surface area contributed by atoms with Gasteiger partial charge in [-0.1, -0.05) is 6.07 Å². The lowest BCUT2D eigenvalue weighted by atomic mass is 10.1. The number of aliphatic imine (C=N–C) groups is 1. The van der Waals surface area contributed by atoms with Gasteiger partial charge in [-0.05, 0) is 48.7 Å². The Labute approximate surface area is 186 Å². The molecule has 0 saturated carbocycles. The van der Waals surface area contributed by atoms with Gasteiger partial charge in [-0.3, -0.25) is 4.90 Å². The molecule has 2 aromatic rings. The molecule has 1 aliphatic rings. The van der Waals surface area contributed by atoms with Crippen LogP contribution >= 0.6 is 0 Å². The van der Waals surface area contributed by atoms with Gasteiger partial charge in [0.15, 0.2) is 23.5 Å². The zero-order chi connectivity index (χ0) is 19.2. The van der Waals surface area contributed by atoms with E-state index in [-0.39, 0.29) is 24.8 Å². The number of quaternary nitrogens is 2. The minimum absolute atomic E-state index is 0. The third-order valence-electron chi connectivity index (χ3n) is 5.26. The van der Waals surface area contributed by atoms with Crippen molar-refractivity contribution >= 4 is 17.7 Å². The van der Waals surface area contributed by atoms with Gasteiger partial charge in [0, 0.05) is 18.9 Å². The quantitative estimate of drug-likeness (QED) is 0.388. The second-order valence-corrected chi connectivity index (χ2v) is 7.15. The van der Waals surface area contributed by atoms with E-state index in [0.717, 1.165) is 43.2 Å². The molecule has 3 N–H and O–H groups in total. The van der Waals surface area contributed by atoms with Crippen LogP contribution in [0.15, 0.2) is 35.3 Å². The highest BCUT2D eigenvalue weighted by molar-refractivity contribution is 5.73. The smallest absolute Gasteiger partial charge is 0.194 e. The molecule has 0 spiro atoms. The number of hydrogen-bond acceptors (Lipinski definition) is 3. The van der Waals surface area contributed by atoms with Crippen LogP contribution in [0.3, 0.4) is 0 Å². The molecule has 0 saturated heterocycles. The fourth-order valence-corrected chi connectivity index (χ4v) is 3.47. The molecule has 0 aromatic heterocycles. The largest absolute Gasteiger partial charge is 1.00 e. The maximum Gasteiger partial charge on any atom is 0.194 e. The van der Waals surface area contributed by atoms with E-state index >= 15 is 0 Å². The topological polar surface area (TPSA) is 51.9 Å². The number of methoxy groups -OCH3 is 2. The number of benzene rings is 2. The normalized spacial score (nSPS) is 14.0. The van der Waals surface area contributed by atoms with E-state index in [1.807, 2.05) is 12.4 Å². The monoisotopic (exact) mass is 439 g/mol. The molecule has 1 heterocycles. The van der Waals surface area contributed by atoms with Crippen LogP contribution < -0.4 is 44.5 Å². The Bertz CT molecular complexity index is 828. The second kappa shape index (κ2) is 12.0. The van der Waals surface area contributed by atoms with Gasteiger partial charge in [0.05, 0.1) is 33.9 Å². The van der Waals surface area contributed by atoms with Gasteiger partial charge in [-0.15, -0.1) is 0 Å².